The summed E-state index contributed by atoms with van der Waals surface area (Å²) in [6, 6.07) is 9.93. The predicted molar refractivity (Wildman–Crippen MR) is 97.3 cm³/mol. The Labute approximate surface area is 149 Å². The minimum absolute atomic E-state index is 0.363. The number of benzene rings is 1. The Morgan fingerprint density at radius 3 is 2.71 bits per heavy atom. The highest BCUT2D eigenvalue weighted by Crippen LogP contribution is 2.31. The lowest BCUT2D eigenvalue weighted by Crippen LogP contribution is -2.03. The van der Waals surface area contributed by atoms with Gasteiger partial charge in [-0.1, -0.05) is 36.6 Å². The van der Waals surface area contributed by atoms with Gasteiger partial charge in [-0.25, -0.2) is 0 Å². The molecule has 124 valence electrons. The van der Waals surface area contributed by atoms with Gasteiger partial charge in [-0.15, -0.1) is 16.9 Å². The minimum atomic E-state index is 0.363. The molecule has 0 aliphatic carbocycles. The van der Waals surface area contributed by atoms with E-state index in [-0.39, 0.29) is 0 Å². The van der Waals surface area contributed by atoms with Crippen LogP contribution >= 0.6 is 23.4 Å². The van der Waals surface area contributed by atoms with Crippen LogP contribution in [0, 0.1) is 0 Å². The molecule has 7 heteroatoms. The Kier molecular flexibility index (Phi) is 5.37. The van der Waals surface area contributed by atoms with Gasteiger partial charge in [-0.2, -0.15) is 0 Å². The van der Waals surface area contributed by atoms with Crippen molar-refractivity contribution in [1.82, 2.24) is 15.2 Å². The Morgan fingerprint density at radius 1 is 1.17 bits per heavy atom. The Bertz CT molecular complexity index is 807. The molecule has 0 bridgehead atoms. The third kappa shape index (κ3) is 4.07. The molecule has 0 spiro atoms. The van der Waals surface area contributed by atoms with Crippen molar-refractivity contribution in [3.63, 3.8) is 0 Å². The maximum atomic E-state index is 6.35. The van der Waals surface area contributed by atoms with E-state index in [1.807, 2.05) is 24.3 Å². The lowest BCUT2D eigenvalue weighted by molar-refractivity contribution is 0.580. The van der Waals surface area contributed by atoms with E-state index in [9.17, 15) is 0 Å². The molecule has 0 saturated heterocycles. The van der Waals surface area contributed by atoms with Crippen molar-refractivity contribution in [1.29, 1.82) is 0 Å². The first-order valence-electron chi connectivity index (χ1n) is 7.55. The first kappa shape index (κ1) is 16.8. The first-order valence-corrected chi connectivity index (χ1v) is 8.81. The van der Waals surface area contributed by atoms with Gasteiger partial charge >= 0.3 is 6.01 Å². The third-order valence-corrected chi connectivity index (χ3v) is 4.67. The van der Waals surface area contributed by atoms with E-state index >= 15 is 0 Å². The second-order valence-corrected chi connectivity index (χ2v) is 7.41. The highest BCUT2D eigenvalue weighted by molar-refractivity contribution is 8.00. The molecule has 5 nitrogen and oxygen atoms in total. The Morgan fingerprint density at radius 2 is 1.96 bits per heavy atom. The monoisotopic (exact) mass is 360 g/mol. The number of rotatable bonds is 6. The molecule has 1 aromatic carbocycles. The largest absolute Gasteiger partial charge is 0.403 e. The number of thioether (sulfide) groups is 1. The lowest BCUT2D eigenvalue weighted by atomic mass is 10.2. The van der Waals surface area contributed by atoms with Crippen LogP contribution in [0.4, 0.5) is 6.01 Å². The van der Waals surface area contributed by atoms with E-state index in [1.54, 1.807) is 24.2 Å². The molecular weight excluding hydrogens is 344 g/mol. The van der Waals surface area contributed by atoms with Crippen LogP contribution in [-0.2, 0) is 6.54 Å². The number of nitrogens with zero attached hydrogens (tertiary/aromatic N) is 3. The molecule has 0 atom stereocenters. The molecule has 0 fully saturated rings. The zero-order chi connectivity index (χ0) is 16.9. The molecule has 3 aromatic rings. The van der Waals surface area contributed by atoms with E-state index in [1.165, 1.54) is 0 Å². The van der Waals surface area contributed by atoms with Gasteiger partial charge in [0.15, 0.2) is 0 Å². The van der Waals surface area contributed by atoms with Crippen molar-refractivity contribution < 1.29 is 4.42 Å². The molecular formula is C17H17ClN4OS. The SMILES string of the molecule is CC(C)Sc1cccc(Cl)c1CNc1nnc(-c2ccncc2)o1. The second-order valence-electron chi connectivity index (χ2n) is 5.38. The fourth-order valence-electron chi connectivity index (χ4n) is 2.14. The maximum absolute atomic E-state index is 6.35. The summed E-state index contributed by atoms with van der Waals surface area (Å²) in [5, 5.41) is 12.4. The summed E-state index contributed by atoms with van der Waals surface area (Å²) in [6.45, 7) is 4.83. The van der Waals surface area contributed by atoms with Gasteiger partial charge in [0.05, 0.1) is 0 Å². The van der Waals surface area contributed by atoms with Crippen molar-refractivity contribution in [3.8, 4) is 11.5 Å². The highest BCUT2D eigenvalue weighted by Gasteiger charge is 2.12. The summed E-state index contributed by atoms with van der Waals surface area (Å²) in [5.41, 5.74) is 1.86. The first-order chi connectivity index (χ1) is 11.6. The molecule has 0 radical (unpaired) electrons. The average molecular weight is 361 g/mol. The predicted octanol–water partition coefficient (Wildman–Crippen LogP) is 4.90. The van der Waals surface area contributed by atoms with Gasteiger partial charge in [-0.3, -0.25) is 4.98 Å². The van der Waals surface area contributed by atoms with Crippen LogP contribution in [0.25, 0.3) is 11.5 Å². The number of nitrogens with one attached hydrogen (secondary N) is 1. The van der Waals surface area contributed by atoms with Gasteiger partial charge in [0.25, 0.3) is 0 Å². The fourth-order valence-corrected chi connectivity index (χ4v) is 3.43. The molecule has 1 N–H and O–H groups in total. The molecule has 0 aliphatic heterocycles. The molecule has 0 aliphatic rings. The zero-order valence-electron chi connectivity index (χ0n) is 13.4. The highest BCUT2D eigenvalue weighted by atomic mass is 35.5. The van der Waals surface area contributed by atoms with Crippen molar-refractivity contribution in [2.75, 3.05) is 5.32 Å². The van der Waals surface area contributed by atoms with E-state index in [0.717, 1.165) is 21.0 Å². The smallest absolute Gasteiger partial charge is 0.316 e. The number of hydrogen-bond acceptors (Lipinski definition) is 6. The number of aromatic nitrogens is 3. The fraction of sp³-hybridized carbons (Fsp3) is 0.235. The van der Waals surface area contributed by atoms with Crippen LogP contribution in [0.15, 0.2) is 52.0 Å². The standard InChI is InChI=1S/C17H17ClN4OS/c1-11(2)24-15-5-3-4-14(18)13(15)10-20-17-22-21-16(23-17)12-6-8-19-9-7-12/h3-9,11H,10H2,1-2H3,(H,20,22). The van der Waals surface area contributed by atoms with Gasteiger partial charge in [-0.05, 0) is 24.3 Å². The van der Waals surface area contributed by atoms with Gasteiger partial charge in [0.1, 0.15) is 0 Å². The minimum Gasteiger partial charge on any atom is -0.403 e. The number of anilines is 1. The van der Waals surface area contributed by atoms with Crippen molar-refractivity contribution in [3.05, 3.63) is 53.3 Å². The molecule has 3 rings (SSSR count). The van der Waals surface area contributed by atoms with E-state index < -0.39 is 0 Å². The summed E-state index contributed by atoms with van der Waals surface area (Å²) in [7, 11) is 0. The molecule has 0 amide bonds. The second kappa shape index (κ2) is 7.68. The lowest BCUT2D eigenvalue weighted by Gasteiger charge is -2.12. The van der Waals surface area contributed by atoms with Crippen LogP contribution in [0.5, 0.6) is 0 Å². The zero-order valence-corrected chi connectivity index (χ0v) is 14.9. The van der Waals surface area contributed by atoms with Crippen molar-refractivity contribution in [2.24, 2.45) is 0 Å². The quantitative estimate of drug-likeness (QED) is 0.631. The van der Waals surface area contributed by atoms with Crippen LogP contribution in [-0.4, -0.2) is 20.4 Å². The molecule has 2 aromatic heterocycles. The molecule has 0 unspecified atom stereocenters. The van der Waals surface area contributed by atoms with E-state index in [2.05, 4.69) is 40.4 Å². The topological polar surface area (TPSA) is 63.8 Å². The normalized spacial score (nSPS) is 11.0. The maximum Gasteiger partial charge on any atom is 0.316 e. The summed E-state index contributed by atoms with van der Waals surface area (Å²) >= 11 is 8.13. The van der Waals surface area contributed by atoms with Crippen molar-refractivity contribution in [2.45, 2.75) is 30.5 Å². The van der Waals surface area contributed by atoms with E-state index in [4.69, 9.17) is 16.0 Å². The van der Waals surface area contributed by atoms with Crippen LogP contribution in [0.3, 0.4) is 0 Å². The number of hydrogen-bond donors (Lipinski definition) is 1. The number of pyridine rings is 1. The van der Waals surface area contributed by atoms with E-state index in [0.29, 0.717) is 23.7 Å². The summed E-state index contributed by atoms with van der Waals surface area (Å²) in [4.78, 5) is 5.13. The van der Waals surface area contributed by atoms with Crippen LogP contribution < -0.4 is 5.32 Å². The molecule has 24 heavy (non-hydrogen) atoms. The molecule has 2 heterocycles. The summed E-state index contributed by atoms with van der Waals surface area (Å²) < 4.78 is 5.64. The van der Waals surface area contributed by atoms with Gasteiger partial charge in [0, 0.05) is 45.2 Å². The summed E-state index contributed by atoms with van der Waals surface area (Å²) in [5.74, 6) is 0.454. The number of halogens is 1. The van der Waals surface area contributed by atoms with Gasteiger partial charge < -0.3 is 9.73 Å². The van der Waals surface area contributed by atoms with Gasteiger partial charge in [0.2, 0.25) is 5.89 Å². The van der Waals surface area contributed by atoms with Crippen LogP contribution in [0.1, 0.15) is 19.4 Å². The molecule has 0 saturated carbocycles. The van der Waals surface area contributed by atoms with Crippen LogP contribution in [0.2, 0.25) is 5.02 Å². The van der Waals surface area contributed by atoms with Crippen molar-refractivity contribution >= 4 is 29.4 Å². The summed E-state index contributed by atoms with van der Waals surface area (Å²) in [6.07, 6.45) is 3.37. The Hall–Kier alpha value is -2.05. The third-order valence-electron chi connectivity index (χ3n) is 3.21. The average Bonchev–Trinajstić information content (AvgIpc) is 3.04. The Balaban J connectivity index is 1.74.